The van der Waals surface area contributed by atoms with Gasteiger partial charge in [-0.1, -0.05) is 0 Å². The highest BCUT2D eigenvalue weighted by Gasteiger charge is 2.56. The van der Waals surface area contributed by atoms with Gasteiger partial charge in [0.15, 0.2) is 0 Å². The summed E-state index contributed by atoms with van der Waals surface area (Å²) >= 11 is 10.3. The van der Waals surface area contributed by atoms with E-state index in [1.807, 2.05) is 0 Å². The minimum absolute atomic E-state index is 0.449. The third-order valence-electron chi connectivity index (χ3n) is 1.09. The molecule has 0 rings (SSSR count). The van der Waals surface area contributed by atoms with Crippen LogP contribution in [-0.4, -0.2) is 19.5 Å². The highest BCUT2D eigenvalue weighted by molar-refractivity contribution is 7.33. The zero-order valence-corrected chi connectivity index (χ0v) is 8.30. The van der Waals surface area contributed by atoms with Crippen LogP contribution in [0.1, 0.15) is 6.42 Å². The Kier molecular flexibility index (Phi) is 4.26. The van der Waals surface area contributed by atoms with Gasteiger partial charge in [-0.3, -0.25) is 0 Å². The fourth-order valence-corrected chi connectivity index (χ4v) is 1.67. The summed E-state index contributed by atoms with van der Waals surface area (Å²) in [5, 5.41) is 0. The molecular formula is C4H5Cl2F5Si. The Morgan fingerprint density at radius 1 is 1.00 bits per heavy atom. The van der Waals surface area contributed by atoms with E-state index in [4.69, 9.17) is 22.2 Å². The molecule has 74 valence electrons. The lowest BCUT2D eigenvalue weighted by Gasteiger charge is -2.18. The van der Waals surface area contributed by atoms with E-state index in [1.54, 1.807) is 0 Å². The van der Waals surface area contributed by atoms with Crippen molar-refractivity contribution in [2.45, 2.75) is 24.6 Å². The summed E-state index contributed by atoms with van der Waals surface area (Å²) in [5.74, 6) is -4.66. The summed E-state index contributed by atoms with van der Waals surface area (Å²) in [7, 11) is -2.38. The van der Waals surface area contributed by atoms with Crippen LogP contribution in [0.25, 0.3) is 0 Å². The second kappa shape index (κ2) is 4.10. The first-order chi connectivity index (χ1) is 5.17. The molecule has 0 bridgehead atoms. The molecule has 0 aromatic rings. The maximum Gasteiger partial charge on any atom is 0.453 e. The third-order valence-corrected chi connectivity index (χ3v) is 3.13. The Morgan fingerprint density at radius 2 is 1.42 bits per heavy atom. The number of rotatable bonds is 3. The summed E-state index contributed by atoms with van der Waals surface area (Å²) < 4.78 is 58.5. The zero-order valence-electron chi connectivity index (χ0n) is 5.64. The SMILES string of the molecule is FC(F)(F)C(F)(F)CC[SiH](Cl)Cl. The van der Waals surface area contributed by atoms with Crippen LogP contribution in [0.5, 0.6) is 0 Å². The first-order valence-electron chi connectivity index (χ1n) is 2.89. The highest BCUT2D eigenvalue weighted by atomic mass is 35.7. The zero-order chi connectivity index (χ0) is 9.99. The van der Waals surface area contributed by atoms with Crippen molar-refractivity contribution < 1.29 is 22.0 Å². The van der Waals surface area contributed by atoms with Crippen LogP contribution in [0.2, 0.25) is 6.04 Å². The van der Waals surface area contributed by atoms with Crippen molar-refractivity contribution in [3.63, 3.8) is 0 Å². The van der Waals surface area contributed by atoms with Crippen molar-refractivity contribution in [1.82, 2.24) is 0 Å². The normalized spacial score (nSPS) is 14.0. The Balaban J connectivity index is 4.05. The first-order valence-corrected chi connectivity index (χ1v) is 7.20. The molecule has 0 unspecified atom stereocenters. The molecule has 0 spiro atoms. The predicted octanol–water partition coefficient (Wildman–Crippen LogP) is 3.27. The Morgan fingerprint density at radius 3 is 1.67 bits per heavy atom. The van der Waals surface area contributed by atoms with Gasteiger partial charge in [-0.15, -0.1) is 0 Å². The van der Waals surface area contributed by atoms with Gasteiger partial charge in [0.05, 0.1) is 0 Å². The Hall–Kier alpha value is 0.447. The molecule has 0 nitrogen and oxygen atoms in total. The summed E-state index contributed by atoms with van der Waals surface area (Å²) in [6.07, 6.45) is -6.82. The molecule has 0 aromatic carbocycles. The first kappa shape index (κ1) is 12.4. The fraction of sp³-hybridized carbons (Fsp3) is 1.00. The quantitative estimate of drug-likeness (QED) is 0.408. The third kappa shape index (κ3) is 3.91. The molecule has 0 saturated carbocycles. The smallest absolute Gasteiger partial charge is 0.196 e. The lowest BCUT2D eigenvalue weighted by Crippen LogP contribution is -2.36. The Bertz CT molecular complexity index is 145. The van der Waals surface area contributed by atoms with Crippen LogP contribution in [0.3, 0.4) is 0 Å². The second-order valence-electron chi connectivity index (χ2n) is 2.13. The monoisotopic (exact) mass is 246 g/mol. The molecule has 0 saturated heterocycles. The molecule has 0 N–H and O–H groups in total. The molecule has 12 heavy (non-hydrogen) atoms. The van der Waals surface area contributed by atoms with Crippen molar-refractivity contribution in [2.24, 2.45) is 0 Å². The molecule has 8 heteroatoms. The average Bonchev–Trinajstić information content (AvgIpc) is 1.81. The van der Waals surface area contributed by atoms with Gasteiger partial charge < -0.3 is 0 Å². The van der Waals surface area contributed by atoms with E-state index in [0.29, 0.717) is 0 Å². The Labute approximate surface area is 76.7 Å². The van der Waals surface area contributed by atoms with Crippen LogP contribution in [0.15, 0.2) is 0 Å². The summed E-state index contributed by atoms with van der Waals surface area (Å²) in [4.78, 5) is 0. The maximum absolute atomic E-state index is 12.1. The van der Waals surface area contributed by atoms with Crippen LogP contribution in [0.4, 0.5) is 22.0 Å². The topological polar surface area (TPSA) is 0 Å². The van der Waals surface area contributed by atoms with E-state index >= 15 is 0 Å². The van der Waals surface area contributed by atoms with Crippen molar-refractivity contribution in [3.8, 4) is 0 Å². The number of alkyl halides is 5. The van der Waals surface area contributed by atoms with Gasteiger partial charge in [-0.2, -0.15) is 44.1 Å². The van der Waals surface area contributed by atoms with Gasteiger partial charge in [-0.05, 0) is 6.04 Å². The molecule has 0 aliphatic rings. The molecule has 0 aromatic heterocycles. The molecule has 0 fully saturated rings. The predicted molar refractivity (Wildman–Crippen MR) is 39.3 cm³/mol. The molecule has 0 aliphatic heterocycles. The minimum atomic E-state index is -5.50. The van der Waals surface area contributed by atoms with Gasteiger partial charge in [0.2, 0.25) is 7.42 Å². The van der Waals surface area contributed by atoms with E-state index in [0.717, 1.165) is 0 Å². The number of hydrogen-bond acceptors (Lipinski definition) is 0. The van der Waals surface area contributed by atoms with Crippen molar-refractivity contribution in [2.75, 3.05) is 0 Å². The average molecular weight is 247 g/mol. The van der Waals surface area contributed by atoms with E-state index in [-0.39, 0.29) is 0 Å². The summed E-state index contributed by atoms with van der Waals surface area (Å²) in [6, 6.07) is -0.449. The largest absolute Gasteiger partial charge is 0.453 e. The second-order valence-corrected chi connectivity index (χ2v) is 7.32. The van der Waals surface area contributed by atoms with Crippen LogP contribution in [0, 0.1) is 0 Å². The molecule has 0 aliphatic carbocycles. The minimum Gasteiger partial charge on any atom is -0.196 e. The molecular weight excluding hydrogens is 242 g/mol. The van der Waals surface area contributed by atoms with Gasteiger partial charge in [0.1, 0.15) is 0 Å². The van der Waals surface area contributed by atoms with E-state index in [1.165, 1.54) is 0 Å². The summed E-state index contributed by atoms with van der Waals surface area (Å²) in [5.41, 5.74) is 0. The molecule has 0 heterocycles. The number of halogens is 7. The molecule has 0 atom stereocenters. The van der Waals surface area contributed by atoms with Crippen LogP contribution in [-0.2, 0) is 0 Å². The van der Waals surface area contributed by atoms with Gasteiger partial charge >= 0.3 is 12.1 Å². The number of hydrogen-bond donors (Lipinski definition) is 0. The van der Waals surface area contributed by atoms with E-state index in [2.05, 4.69) is 0 Å². The standard InChI is InChI=1S/C4H5Cl2F5Si/c5-12(6)2-1-3(7,8)4(9,10)11/h12H,1-2H2. The summed E-state index contributed by atoms with van der Waals surface area (Å²) in [6.45, 7) is 0. The maximum atomic E-state index is 12.1. The van der Waals surface area contributed by atoms with E-state index < -0.39 is 32.0 Å². The van der Waals surface area contributed by atoms with Crippen molar-refractivity contribution in [1.29, 1.82) is 0 Å². The van der Waals surface area contributed by atoms with Gasteiger partial charge in [-0.25, -0.2) is 0 Å². The lowest BCUT2D eigenvalue weighted by molar-refractivity contribution is -0.282. The van der Waals surface area contributed by atoms with E-state index in [9.17, 15) is 22.0 Å². The van der Waals surface area contributed by atoms with Crippen LogP contribution >= 0.6 is 22.2 Å². The molecule has 0 radical (unpaired) electrons. The fourth-order valence-electron chi connectivity index (χ4n) is 0.432. The van der Waals surface area contributed by atoms with Gasteiger partial charge in [0, 0.05) is 6.42 Å². The van der Waals surface area contributed by atoms with Crippen molar-refractivity contribution in [3.05, 3.63) is 0 Å². The lowest BCUT2D eigenvalue weighted by atomic mass is 10.2. The highest BCUT2D eigenvalue weighted by Crippen LogP contribution is 2.39. The molecule has 0 amide bonds. The van der Waals surface area contributed by atoms with Gasteiger partial charge in [0.25, 0.3) is 0 Å². The van der Waals surface area contributed by atoms with Crippen LogP contribution < -0.4 is 0 Å². The van der Waals surface area contributed by atoms with Crippen molar-refractivity contribution >= 4 is 29.6 Å².